The lowest BCUT2D eigenvalue weighted by Gasteiger charge is -2.25. The molecule has 154 valence electrons. The van der Waals surface area contributed by atoms with Crippen LogP contribution in [0.4, 0.5) is 5.82 Å². The lowest BCUT2D eigenvalue weighted by molar-refractivity contribution is -0.161. The van der Waals surface area contributed by atoms with Crippen LogP contribution in [0.3, 0.4) is 0 Å². The van der Waals surface area contributed by atoms with Crippen LogP contribution in [0.25, 0.3) is 11.0 Å². The van der Waals surface area contributed by atoms with Gasteiger partial charge in [0.05, 0.1) is 23.7 Å². The molecule has 3 heterocycles. The van der Waals surface area contributed by atoms with Crippen molar-refractivity contribution in [3.8, 4) is 0 Å². The predicted molar refractivity (Wildman–Crippen MR) is 111 cm³/mol. The standard InChI is InChI=1S/C15H19ClO3.C6H6N4/c1-15(2)18-12-8-7-11(14(12)19-15)13(17)9-3-5-10(16)6-4-9;7-5-4-1-2-8-6(4)10-3-9-5/h3-6,11-14,17H,7-8H2,1-2H3;1-3H,(H3,7,8,9,10). The van der Waals surface area contributed by atoms with Gasteiger partial charge in [0.2, 0.25) is 0 Å². The van der Waals surface area contributed by atoms with Crippen molar-refractivity contribution >= 4 is 28.5 Å². The molecule has 1 aromatic carbocycles. The second-order valence-electron chi connectivity index (χ2n) is 7.88. The van der Waals surface area contributed by atoms with E-state index in [2.05, 4.69) is 15.0 Å². The van der Waals surface area contributed by atoms with Gasteiger partial charge in [0.25, 0.3) is 0 Å². The minimum atomic E-state index is -0.534. The van der Waals surface area contributed by atoms with Gasteiger partial charge < -0.3 is 25.3 Å². The van der Waals surface area contributed by atoms with E-state index in [1.165, 1.54) is 6.33 Å². The molecule has 2 aliphatic rings. The zero-order valence-electron chi connectivity index (χ0n) is 16.4. The number of hydrogen-bond acceptors (Lipinski definition) is 6. The molecular formula is C21H25ClN4O3. The number of rotatable bonds is 2. The maximum Gasteiger partial charge on any atom is 0.163 e. The van der Waals surface area contributed by atoms with E-state index in [1.807, 2.05) is 44.2 Å². The van der Waals surface area contributed by atoms with Crippen LogP contribution in [0.2, 0.25) is 5.02 Å². The number of aromatic nitrogens is 3. The Morgan fingerprint density at radius 1 is 1.17 bits per heavy atom. The lowest BCUT2D eigenvalue weighted by atomic mass is 9.92. The van der Waals surface area contributed by atoms with Crippen molar-refractivity contribution in [1.82, 2.24) is 15.0 Å². The van der Waals surface area contributed by atoms with Gasteiger partial charge in [-0.2, -0.15) is 0 Å². The molecule has 0 amide bonds. The molecule has 4 unspecified atom stereocenters. The van der Waals surface area contributed by atoms with Crippen molar-refractivity contribution in [2.45, 2.75) is 50.8 Å². The summed E-state index contributed by atoms with van der Waals surface area (Å²) in [6, 6.07) is 9.22. The number of aromatic amines is 1. The molecule has 0 radical (unpaired) electrons. The number of benzene rings is 1. The summed E-state index contributed by atoms with van der Waals surface area (Å²) in [5.41, 5.74) is 7.21. The Balaban J connectivity index is 0.000000171. The minimum absolute atomic E-state index is 0.0133. The van der Waals surface area contributed by atoms with Crippen LogP contribution >= 0.6 is 11.6 Å². The molecule has 4 atom stereocenters. The topological polar surface area (TPSA) is 106 Å². The zero-order valence-corrected chi connectivity index (χ0v) is 17.1. The van der Waals surface area contributed by atoms with Crippen molar-refractivity contribution in [2.75, 3.05) is 5.73 Å². The number of anilines is 1. The Kier molecular flexibility index (Phi) is 5.48. The maximum absolute atomic E-state index is 10.5. The van der Waals surface area contributed by atoms with Crippen molar-refractivity contribution in [3.63, 3.8) is 0 Å². The number of aliphatic hydroxyl groups excluding tert-OH is 1. The van der Waals surface area contributed by atoms with Crippen LogP contribution in [0.15, 0.2) is 42.9 Å². The fourth-order valence-corrected chi connectivity index (χ4v) is 4.23. The van der Waals surface area contributed by atoms with Gasteiger partial charge in [-0.1, -0.05) is 23.7 Å². The lowest BCUT2D eigenvalue weighted by Crippen LogP contribution is -2.29. The molecule has 5 rings (SSSR count). The average molecular weight is 417 g/mol. The first-order chi connectivity index (χ1) is 13.8. The fourth-order valence-electron chi connectivity index (χ4n) is 4.11. The van der Waals surface area contributed by atoms with E-state index in [0.717, 1.165) is 29.4 Å². The van der Waals surface area contributed by atoms with Gasteiger partial charge in [0.1, 0.15) is 17.8 Å². The van der Waals surface area contributed by atoms with Crippen LogP contribution in [0.5, 0.6) is 0 Å². The van der Waals surface area contributed by atoms with Gasteiger partial charge in [0.15, 0.2) is 5.79 Å². The van der Waals surface area contributed by atoms with Gasteiger partial charge in [-0.15, -0.1) is 0 Å². The summed E-state index contributed by atoms with van der Waals surface area (Å²) < 4.78 is 11.8. The molecule has 0 bridgehead atoms. The number of nitrogens with two attached hydrogens (primary N) is 1. The molecule has 7 nitrogen and oxygen atoms in total. The van der Waals surface area contributed by atoms with E-state index in [4.69, 9.17) is 26.8 Å². The summed E-state index contributed by atoms with van der Waals surface area (Å²) in [6.45, 7) is 3.86. The first kappa shape index (κ1) is 20.1. The summed E-state index contributed by atoms with van der Waals surface area (Å²) in [7, 11) is 0. The number of fused-ring (bicyclic) bond motifs is 2. The van der Waals surface area contributed by atoms with E-state index in [-0.39, 0.29) is 18.1 Å². The molecule has 29 heavy (non-hydrogen) atoms. The highest BCUT2D eigenvalue weighted by molar-refractivity contribution is 6.30. The van der Waals surface area contributed by atoms with Crippen LogP contribution < -0.4 is 5.73 Å². The van der Waals surface area contributed by atoms with E-state index in [9.17, 15) is 5.11 Å². The van der Waals surface area contributed by atoms with Crippen molar-refractivity contribution in [3.05, 3.63) is 53.4 Å². The van der Waals surface area contributed by atoms with Crippen molar-refractivity contribution in [2.24, 2.45) is 5.92 Å². The summed E-state index contributed by atoms with van der Waals surface area (Å²) in [5.74, 6) is 0.0764. The van der Waals surface area contributed by atoms with E-state index in [1.54, 1.807) is 6.20 Å². The van der Waals surface area contributed by atoms with E-state index < -0.39 is 11.9 Å². The maximum atomic E-state index is 10.5. The molecule has 2 aromatic heterocycles. The first-order valence-electron chi connectivity index (χ1n) is 9.67. The Hall–Kier alpha value is -2.19. The van der Waals surface area contributed by atoms with Gasteiger partial charge in [-0.25, -0.2) is 9.97 Å². The number of halogens is 1. The van der Waals surface area contributed by atoms with Crippen LogP contribution in [-0.4, -0.2) is 38.1 Å². The third-order valence-corrected chi connectivity index (χ3v) is 5.68. The predicted octanol–water partition coefficient (Wildman–Crippen LogP) is 3.84. The van der Waals surface area contributed by atoms with Gasteiger partial charge >= 0.3 is 0 Å². The highest BCUT2D eigenvalue weighted by atomic mass is 35.5. The van der Waals surface area contributed by atoms with Crippen molar-refractivity contribution in [1.29, 1.82) is 0 Å². The average Bonchev–Trinajstić information content (AvgIpc) is 3.37. The highest BCUT2D eigenvalue weighted by Gasteiger charge is 2.51. The zero-order chi connectivity index (χ0) is 20.6. The molecule has 8 heteroatoms. The first-order valence-corrected chi connectivity index (χ1v) is 10.0. The molecule has 3 aromatic rings. The molecule has 4 N–H and O–H groups in total. The second-order valence-corrected chi connectivity index (χ2v) is 8.31. The molecule has 1 saturated carbocycles. The molecule has 1 saturated heterocycles. The van der Waals surface area contributed by atoms with Crippen molar-refractivity contribution < 1.29 is 14.6 Å². The molecule has 1 aliphatic heterocycles. The summed E-state index contributed by atoms with van der Waals surface area (Å²) >= 11 is 5.88. The monoisotopic (exact) mass is 416 g/mol. The number of hydrogen-bond donors (Lipinski definition) is 3. The normalized spacial score (nSPS) is 26.0. The van der Waals surface area contributed by atoms with Crippen LogP contribution in [0, 0.1) is 5.92 Å². The Labute approximate surface area is 174 Å². The van der Waals surface area contributed by atoms with Gasteiger partial charge in [-0.3, -0.25) is 0 Å². The van der Waals surface area contributed by atoms with E-state index >= 15 is 0 Å². The third-order valence-electron chi connectivity index (χ3n) is 5.43. The Bertz CT molecular complexity index is 975. The molecular weight excluding hydrogens is 392 g/mol. The summed E-state index contributed by atoms with van der Waals surface area (Å²) in [5, 5.41) is 12.1. The quantitative estimate of drug-likeness (QED) is 0.586. The fraction of sp³-hybridized carbons (Fsp3) is 0.429. The SMILES string of the molecule is CC1(C)OC2CCC(C(O)c3ccc(Cl)cc3)C2O1.Nc1ncnc2[nH]ccc12. The third kappa shape index (κ3) is 4.23. The van der Waals surface area contributed by atoms with Crippen LogP contribution in [-0.2, 0) is 9.47 Å². The minimum Gasteiger partial charge on any atom is -0.388 e. The highest BCUT2D eigenvalue weighted by Crippen LogP contribution is 2.46. The van der Waals surface area contributed by atoms with Crippen LogP contribution in [0.1, 0.15) is 38.4 Å². The number of nitrogen functional groups attached to an aromatic ring is 1. The summed E-state index contributed by atoms with van der Waals surface area (Å²) in [4.78, 5) is 10.7. The molecule has 2 fully saturated rings. The van der Waals surface area contributed by atoms with E-state index in [0.29, 0.717) is 10.8 Å². The molecule has 0 spiro atoms. The Morgan fingerprint density at radius 2 is 1.93 bits per heavy atom. The number of ether oxygens (including phenoxy) is 2. The van der Waals surface area contributed by atoms with Gasteiger partial charge in [0, 0.05) is 17.1 Å². The number of nitrogens with zero attached hydrogens (tertiary/aromatic N) is 2. The summed E-state index contributed by atoms with van der Waals surface area (Å²) in [6.07, 6.45) is 4.68. The second kappa shape index (κ2) is 7.91. The number of H-pyrrole nitrogens is 1. The Morgan fingerprint density at radius 3 is 2.66 bits per heavy atom. The van der Waals surface area contributed by atoms with Gasteiger partial charge in [-0.05, 0) is 50.5 Å². The largest absolute Gasteiger partial charge is 0.388 e. The molecule has 1 aliphatic carbocycles. The number of aliphatic hydroxyl groups is 1. The number of nitrogens with one attached hydrogen (secondary N) is 1. The smallest absolute Gasteiger partial charge is 0.163 e.